The monoisotopic (exact) mass is 596 g/mol. The number of methoxy groups -OCH3 is 2. The van der Waals surface area contributed by atoms with Gasteiger partial charge >= 0.3 is 11.9 Å². The van der Waals surface area contributed by atoms with Gasteiger partial charge in [-0.15, -0.1) is 0 Å². The van der Waals surface area contributed by atoms with E-state index in [9.17, 15) is 14.4 Å². The molecule has 1 aliphatic rings. The third-order valence-electron chi connectivity index (χ3n) is 6.33. The number of fused-ring (bicyclic) bond motifs is 1. The Hall–Kier alpha value is -4.58. The van der Waals surface area contributed by atoms with E-state index in [0.29, 0.717) is 50.0 Å². The van der Waals surface area contributed by atoms with Crippen LogP contribution in [0.1, 0.15) is 44.4 Å². The van der Waals surface area contributed by atoms with Crippen LogP contribution in [0.15, 0.2) is 57.5 Å². The summed E-state index contributed by atoms with van der Waals surface area (Å²) >= 11 is 1.17. The first-order chi connectivity index (χ1) is 20.2. The van der Waals surface area contributed by atoms with Crippen molar-refractivity contribution in [3.8, 4) is 23.0 Å². The van der Waals surface area contributed by atoms with Crippen LogP contribution in [0, 0.1) is 0 Å². The van der Waals surface area contributed by atoms with Gasteiger partial charge in [-0.05, 0) is 50.1 Å². The van der Waals surface area contributed by atoms with Crippen LogP contribution < -0.4 is 33.8 Å². The average molecular weight is 597 g/mol. The van der Waals surface area contributed by atoms with E-state index in [1.165, 1.54) is 30.1 Å². The van der Waals surface area contributed by atoms with Crippen LogP contribution in [0.25, 0.3) is 6.08 Å². The van der Waals surface area contributed by atoms with Gasteiger partial charge in [0, 0.05) is 5.56 Å². The van der Waals surface area contributed by atoms with E-state index in [1.54, 1.807) is 56.3 Å². The number of carbonyl (C=O) groups is 2. The van der Waals surface area contributed by atoms with Crippen molar-refractivity contribution in [1.82, 2.24) is 4.57 Å². The maximum Gasteiger partial charge on any atom is 0.341 e. The minimum Gasteiger partial charge on any atom is -0.493 e. The Morgan fingerprint density at radius 2 is 1.83 bits per heavy atom. The second-order valence-corrected chi connectivity index (χ2v) is 10.1. The topological polar surface area (TPSA) is 135 Å². The molecular formula is C30H32N2O9S. The molecule has 0 saturated heterocycles. The lowest BCUT2D eigenvalue weighted by atomic mass is 9.94. The summed E-state index contributed by atoms with van der Waals surface area (Å²) in [7, 11) is 2.97. The lowest BCUT2D eigenvalue weighted by Crippen LogP contribution is -2.40. The van der Waals surface area contributed by atoms with Crippen LogP contribution in [-0.2, 0) is 14.3 Å². The Bertz CT molecular complexity index is 1700. The Labute approximate surface area is 245 Å². The van der Waals surface area contributed by atoms with Gasteiger partial charge in [0.15, 0.2) is 34.4 Å². The fourth-order valence-corrected chi connectivity index (χ4v) is 5.58. The third kappa shape index (κ3) is 6.18. The number of carboxylic acids is 1. The predicted octanol–water partition coefficient (Wildman–Crippen LogP) is 3.07. The van der Waals surface area contributed by atoms with Crippen molar-refractivity contribution < 1.29 is 38.4 Å². The quantitative estimate of drug-likeness (QED) is 0.313. The molecule has 2 heterocycles. The number of hydrogen-bond acceptors (Lipinski definition) is 10. The Kier molecular flexibility index (Phi) is 9.68. The van der Waals surface area contributed by atoms with Gasteiger partial charge in [0.1, 0.15) is 6.04 Å². The number of esters is 1. The Morgan fingerprint density at radius 1 is 1.07 bits per heavy atom. The van der Waals surface area contributed by atoms with Crippen LogP contribution in [0.5, 0.6) is 23.0 Å². The van der Waals surface area contributed by atoms with Crippen LogP contribution >= 0.6 is 11.3 Å². The van der Waals surface area contributed by atoms with Crippen molar-refractivity contribution in [1.29, 1.82) is 0 Å². The molecule has 1 N–H and O–H groups in total. The molecule has 0 spiro atoms. The summed E-state index contributed by atoms with van der Waals surface area (Å²) in [5, 5.41) is 8.93. The summed E-state index contributed by atoms with van der Waals surface area (Å²) in [6.45, 7) is 5.44. The molecule has 0 saturated carbocycles. The standard InChI is InChI=1S/C30H32N2O9S/c1-6-13-40-27-19(9-8-10-21(27)37-4)26-25(29(36)39-7-2)17(3)31-30-32(26)28(35)23(42-30)15-18-11-12-20(22(14-18)38-5)41-16-24(33)34/h8-12,14-15,26H,6-7,13,16H2,1-5H3,(H,33,34)/t26-/m1/s1. The number of aliphatic carboxylic acids is 1. The first-order valence-electron chi connectivity index (χ1n) is 13.3. The lowest BCUT2D eigenvalue weighted by molar-refractivity contribution is -0.140. The first-order valence-corrected chi connectivity index (χ1v) is 14.1. The zero-order chi connectivity index (χ0) is 30.4. The highest BCUT2D eigenvalue weighted by Crippen LogP contribution is 2.41. The van der Waals surface area contributed by atoms with E-state index in [-0.39, 0.29) is 23.5 Å². The van der Waals surface area contributed by atoms with Gasteiger partial charge in [0.25, 0.3) is 5.56 Å². The predicted molar refractivity (Wildman–Crippen MR) is 155 cm³/mol. The number of benzene rings is 2. The minimum absolute atomic E-state index is 0.151. The van der Waals surface area contributed by atoms with Crippen LogP contribution in [0.3, 0.4) is 0 Å². The summed E-state index contributed by atoms with van der Waals surface area (Å²) in [6, 6.07) is 9.35. The fourth-order valence-electron chi connectivity index (χ4n) is 4.54. The molecule has 1 aliphatic heterocycles. The van der Waals surface area contributed by atoms with E-state index in [0.717, 1.165) is 6.42 Å². The second kappa shape index (κ2) is 13.4. The molecule has 0 radical (unpaired) electrons. The van der Waals surface area contributed by atoms with Gasteiger partial charge in [0.05, 0.1) is 43.2 Å². The molecule has 0 fully saturated rings. The van der Waals surface area contributed by atoms with Crippen LogP contribution in [-0.4, -0.2) is 55.7 Å². The van der Waals surface area contributed by atoms with Gasteiger partial charge in [-0.1, -0.05) is 36.5 Å². The van der Waals surface area contributed by atoms with Crippen molar-refractivity contribution in [3.63, 3.8) is 0 Å². The lowest BCUT2D eigenvalue weighted by Gasteiger charge is -2.27. The van der Waals surface area contributed by atoms with Gasteiger partial charge < -0.3 is 28.8 Å². The largest absolute Gasteiger partial charge is 0.493 e. The van der Waals surface area contributed by atoms with Crippen molar-refractivity contribution in [2.24, 2.45) is 4.99 Å². The molecule has 3 aromatic rings. The average Bonchev–Trinajstić information content (AvgIpc) is 3.28. The number of ether oxygens (including phenoxy) is 5. The molecule has 0 bridgehead atoms. The van der Waals surface area contributed by atoms with Crippen molar-refractivity contribution in [3.05, 3.63) is 78.5 Å². The van der Waals surface area contributed by atoms with Gasteiger partial charge in [-0.25, -0.2) is 14.6 Å². The Balaban J connectivity index is 1.92. The Morgan fingerprint density at radius 3 is 2.50 bits per heavy atom. The number of para-hydroxylation sites is 1. The maximum absolute atomic E-state index is 14.0. The number of allylic oxidation sites excluding steroid dienone is 1. The number of aromatic nitrogens is 1. The van der Waals surface area contributed by atoms with Crippen LogP contribution in [0.4, 0.5) is 0 Å². The van der Waals surface area contributed by atoms with Crippen LogP contribution in [0.2, 0.25) is 0 Å². The highest BCUT2D eigenvalue weighted by molar-refractivity contribution is 7.07. The summed E-state index contributed by atoms with van der Waals surface area (Å²) in [5.41, 5.74) is 1.47. The highest BCUT2D eigenvalue weighted by Gasteiger charge is 2.36. The molecule has 4 rings (SSSR count). The molecule has 11 nitrogen and oxygen atoms in total. The molecule has 0 aliphatic carbocycles. The summed E-state index contributed by atoms with van der Waals surface area (Å²) in [4.78, 5) is 43.3. The second-order valence-electron chi connectivity index (χ2n) is 9.12. The smallest absolute Gasteiger partial charge is 0.341 e. The molecule has 42 heavy (non-hydrogen) atoms. The van der Waals surface area contributed by atoms with E-state index < -0.39 is 24.6 Å². The minimum atomic E-state index is -1.12. The fraction of sp³-hybridized carbons (Fsp3) is 0.333. The molecular weight excluding hydrogens is 564 g/mol. The summed E-state index contributed by atoms with van der Waals surface area (Å²) in [6.07, 6.45) is 2.41. The van der Waals surface area contributed by atoms with Crippen molar-refractivity contribution in [2.75, 3.05) is 34.0 Å². The number of hydrogen-bond donors (Lipinski definition) is 1. The van der Waals surface area contributed by atoms with Crippen molar-refractivity contribution >= 4 is 29.4 Å². The number of carbonyl (C=O) groups excluding carboxylic acids is 1. The summed E-state index contributed by atoms with van der Waals surface area (Å²) in [5.74, 6) is -0.230. The number of nitrogens with zero attached hydrogens (tertiary/aromatic N) is 2. The van der Waals surface area contributed by atoms with E-state index in [4.69, 9.17) is 28.8 Å². The number of thiazole rings is 1. The maximum atomic E-state index is 14.0. The molecule has 222 valence electrons. The highest BCUT2D eigenvalue weighted by atomic mass is 32.1. The normalized spacial score (nSPS) is 14.6. The molecule has 0 amide bonds. The molecule has 12 heteroatoms. The molecule has 1 atom stereocenters. The van der Waals surface area contributed by atoms with Gasteiger partial charge in [-0.3, -0.25) is 9.36 Å². The number of carboxylic acid groups (broad SMARTS) is 1. The summed E-state index contributed by atoms with van der Waals surface area (Å²) < 4.78 is 29.6. The van der Waals surface area contributed by atoms with Gasteiger partial charge in [0.2, 0.25) is 0 Å². The van der Waals surface area contributed by atoms with E-state index in [2.05, 4.69) is 4.99 Å². The van der Waals surface area contributed by atoms with E-state index in [1.807, 2.05) is 6.92 Å². The van der Waals surface area contributed by atoms with E-state index >= 15 is 0 Å². The third-order valence-corrected chi connectivity index (χ3v) is 7.31. The zero-order valence-electron chi connectivity index (χ0n) is 24.0. The van der Waals surface area contributed by atoms with Gasteiger partial charge in [-0.2, -0.15) is 0 Å². The molecule has 1 aromatic heterocycles. The first kappa shape index (κ1) is 30.4. The molecule has 2 aromatic carbocycles. The number of rotatable bonds is 12. The SMILES string of the molecule is CCCOc1c(OC)cccc1[C@@H]1C(C(=O)OCC)=C(C)N=c2sc(=Cc3ccc(OCC(=O)O)c(OC)c3)c(=O)n21. The van der Waals surface area contributed by atoms with Crippen molar-refractivity contribution in [2.45, 2.75) is 33.2 Å². The zero-order valence-corrected chi connectivity index (χ0v) is 24.8. The molecule has 0 unspecified atom stereocenters.